The zero-order chi connectivity index (χ0) is 23.0. The Kier molecular flexibility index (Phi) is 5.25. The quantitative estimate of drug-likeness (QED) is 0.493. The van der Waals surface area contributed by atoms with Crippen molar-refractivity contribution < 1.29 is 9.59 Å². The van der Waals surface area contributed by atoms with Crippen molar-refractivity contribution in [3.05, 3.63) is 107 Å². The van der Waals surface area contributed by atoms with Crippen molar-refractivity contribution in [2.45, 2.75) is 39.0 Å². The number of benzene rings is 3. The molecule has 33 heavy (non-hydrogen) atoms. The second-order valence-corrected chi connectivity index (χ2v) is 9.00. The molecule has 1 aliphatic rings. The summed E-state index contributed by atoms with van der Waals surface area (Å²) in [6.45, 7) is 5.09. The van der Waals surface area contributed by atoms with Gasteiger partial charge in [0.15, 0.2) is 0 Å². The van der Waals surface area contributed by atoms with Gasteiger partial charge >= 0.3 is 0 Å². The van der Waals surface area contributed by atoms with Gasteiger partial charge in [-0.2, -0.15) is 0 Å². The highest BCUT2D eigenvalue weighted by atomic mass is 16.2. The molecule has 3 aromatic carbocycles. The summed E-state index contributed by atoms with van der Waals surface area (Å²) in [5, 5.41) is 4.09. The lowest BCUT2D eigenvalue weighted by Gasteiger charge is -2.44. The number of aromatic nitrogens is 1. The molecule has 0 saturated carbocycles. The first-order valence-corrected chi connectivity index (χ1v) is 11.2. The van der Waals surface area contributed by atoms with Crippen LogP contribution in [0.15, 0.2) is 84.9 Å². The average Bonchev–Trinajstić information content (AvgIpc) is 3.19. The molecular weight excluding hydrogens is 410 g/mol. The Morgan fingerprint density at radius 3 is 2.45 bits per heavy atom. The molecule has 1 aromatic heterocycles. The van der Waals surface area contributed by atoms with Crippen molar-refractivity contribution in [3.63, 3.8) is 0 Å². The number of hydrogen-bond acceptors (Lipinski definition) is 2. The maximum absolute atomic E-state index is 13.8. The van der Waals surface area contributed by atoms with Crippen LogP contribution in [0.3, 0.4) is 0 Å². The molecule has 2 amide bonds. The van der Waals surface area contributed by atoms with Crippen molar-refractivity contribution in [1.29, 1.82) is 0 Å². The molecule has 0 unspecified atom stereocenters. The molecule has 2 heterocycles. The SMILES string of the molecule is Cc1cccc(CN2C(=O)c3cc4ccccc4n3C[C@@]2(C)C(=O)NCc2ccccc2)c1. The summed E-state index contributed by atoms with van der Waals surface area (Å²) >= 11 is 0. The van der Waals surface area contributed by atoms with Crippen LogP contribution in [0.25, 0.3) is 10.9 Å². The topological polar surface area (TPSA) is 54.3 Å². The van der Waals surface area contributed by atoms with Crippen molar-refractivity contribution in [2.24, 2.45) is 0 Å². The van der Waals surface area contributed by atoms with Crippen molar-refractivity contribution in [2.75, 3.05) is 0 Å². The molecule has 4 aromatic rings. The largest absolute Gasteiger partial charge is 0.350 e. The lowest BCUT2D eigenvalue weighted by atomic mass is 9.93. The van der Waals surface area contributed by atoms with E-state index in [4.69, 9.17) is 0 Å². The molecule has 1 N–H and O–H groups in total. The second kappa shape index (κ2) is 8.24. The number of para-hydroxylation sites is 1. The van der Waals surface area contributed by atoms with Crippen LogP contribution >= 0.6 is 0 Å². The smallest absolute Gasteiger partial charge is 0.271 e. The minimum Gasteiger partial charge on any atom is -0.350 e. The summed E-state index contributed by atoms with van der Waals surface area (Å²) < 4.78 is 1.99. The third kappa shape index (κ3) is 3.80. The molecule has 0 saturated heterocycles. The highest BCUT2D eigenvalue weighted by molar-refractivity contribution is 6.03. The maximum Gasteiger partial charge on any atom is 0.271 e. The van der Waals surface area contributed by atoms with E-state index in [-0.39, 0.29) is 11.8 Å². The normalized spacial score (nSPS) is 17.8. The number of nitrogens with one attached hydrogen (secondary N) is 1. The van der Waals surface area contributed by atoms with Gasteiger partial charge in [-0.05, 0) is 37.1 Å². The molecule has 5 nitrogen and oxygen atoms in total. The maximum atomic E-state index is 13.8. The number of fused-ring (bicyclic) bond motifs is 3. The molecule has 0 radical (unpaired) electrons. The van der Waals surface area contributed by atoms with E-state index in [1.165, 1.54) is 0 Å². The van der Waals surface area contributed by atoms with E-state index in [0.717, 1.165) is 27.6 Å². The van der Waals surface area contributed by atoms with Gasteiger partial charge in [0.05, 0.1) is 6.54 Å². The molecule has 0 spiro atoms. The summed E-state index contributed by atoms with van der Waals surface area (Å²) in [7, 11) is 0. The molecule has 5 heteroatoms. The Morgan fingerprint density at radius 2 is 1.67 bits per heavy atom. The fourth-order valence-corrected chi connectivity index (χ4v) is 4.72. The molecule has 0 aliphatic carbocycles. The summed E-state index contributed by atoms with van der Waals surface area (Å²) in [6, 6.07) is 27.8. The Balaban J connectivity index is 1.54. The number of hydrogen-bond donors (Lipinski definition) is 1. The highest BCUT2D eigenvalue weighted by Gasteiger charge is 2.47. The fourth-order valence-electron chi connectivity index (χ4n) is 4.72. The van der Waals surface area contributed by atoms with Gasteiger partial charge in [-0.25, -0.2) is 0 Å². The van der Waals surface area contributed by atoms with Gasteiger partial charge < -0.3 is 14.8 Å². The first kappa shape index (κ1) is 21.0. The number of carbonyl (C=O) groups excluding carboxylic acids is 2. The predicted octanol–water partition coefficient (Wildman–Crippen LogP) is 4.68. The van der Waals surface area contributed by atoms with E-state index >= 15 is 0 Å². The third-order valence-corrected chi connectivity index (χ3v) is 6.54. The van der Waals surface area contributed by atoms with Crippen LogP contribution in [0, 0.1) is 6.92 Å². The second-order valence-electron chi connectivity index (χ2n) is 9.00. The minimum absolute atomic E-state index is 0.128. The first-order chi connectivity index (χ1) is 16.0. The number of carbonyl (C=O) groups is 2. The Hall–Kier alpha value is -3.86. The predicted molar refractivity (Wildman–Crippen MR) is 130 cm³/mol. The van der Waals surface area contributed by atoms with E-state index in [1.54, 1.807) is 4.90 Å². The van der Waals surface area contributed by atoms with Crippen LogP contribution in [0.2, 0.25) is 0 Å². The molecule has 166 valence electrons. The number of rotatable bonds is 5. The fraction of sp³-hybridized carbons (Fsp3) is 0.214. The van der Waals surface area contributed by atoms with Crippen molar-refractivity contribution in [1.82, 2.24) is 14.8 Å². The molecular formula is C28H27N3O2. The molecule has 1 atom stereocenters. The monoisotopic (exact) mass is 437 g/mol. The van der Waals surface area contributed by atoms with E-state index in [0.29, 0.717) is 25.3 Å². The van der Waals surface area contributed by atoms with Crippen LogP contribution in [-0.2, 0) is 24.4 Å². The van der Waals surface area contributed by atoms with E-state index in [9.17, 15) is 9.59 Å². The van der Waals surface area contributed by atoms with Gasteiger partial charge in [0.2, 0.25) is 5.91 Å². The number of nitrogens with zero attached hydrogens (tertiary/aromatic N) is 2. The molecule has 1 aliphatic heterocycles. The molecule has 5 rings (SSSR count). The summed E-state index contributed by atoms with van der Waals surface area (Å²) in [5.41, 5.74) is 3.71. The first-order valence-electron chi connectivity index (χ1n) is 11.2. The number of amides is 2. The summed E-state index contributed by atoms with van der Waals surface area (Å²) in [6.07, 6.45) is 0. The van der Waals surface area contributed by atoms with Crippen LogP contribution < -0.4 is 5.32 Å². The van der Waals surface area contributed by atoms with E-state index in [1.807, 2.05) is 97.3 Å². The van der Waals surface area contributed by atoms with Gasteiger partial charge in [0.1, 0.15) is 11.2 Å². The Morgan fingerprint density at radius 1 is 0.939 bits per heavy atom. The molecule has 0 bridgehead atoms. The van der Waals surface area contributed by atoms with Gasteiger partial charge in [-0.3, -0.25) is 9.59 Å². The Bertz CT molecular complexity index is 1340. The lowest BCUT2D eigenvalue weighted by Crippen LogP contribution is -2.63. The van der Waals surface area contributed by atoms with Gasteiger partial charge in [0.25, 0.3) is 5.91 Å². The third-order valence-electron chi connectivity index (χ3n) is 6.54. The van der Waals surface area contributed by atoms with Gasteiger partial charge in [-0.15, -0.1) is 0 Å². The van der Waals surface area contributed by atoms with Gasteiger partial charge in [-0.1, -0.05) is 78.4 Å². The zero-order valence-corrected chi connectivity index (χ0v) is 18.9. The minimum atomic E-state index is -1.04. The molecule has 0 fully saturated rings. The van der Waals surface area contributed by atoms with Crippen LogP contribution in [0.1, 0.15) is 34.1 Å². The Labute approximate surface area is 193 Å². The summed E-state index contributed by atoms with van der Waals surface area (Å²) in [5.74, 6) is -0.285. The van der Waals surface area contributed by atoms with Crippen LogP contribution in [0.4, 0.5) is 0 Å². The highest BCUT2D eigenvalue weighted by Crippen LogP contribution is 2.33. The van der Waals surface area contributed by atoms with Crippen molar-refractivity contribution in [3.8, 4) is 0 Å². The standard InChI is InChI=1S/C28H27N3O2/c1-20-9-8-12-22(15-20)18-31-26(32)25-16-23-13-6-7-14-24(23)30(25)19-28(31,2)27(33)29-17-21-10-4-3-5-11-21/h3-16H,17-19H2,1-2H3,(H,29,33)/t28-/m0/s1. The number of aryl methyl sites for hydroxylation is 1. The zero-order valence-electron chi connectivity index (χ0n) is 18.9. The van der Waals surface area contributed by atoms with Crippen molar-refractivity contribution >= 4 is 22.7 Å². The van der Waals surface area contributed by atoms with E-state index < -0.39 is 5.54 Å². The van der Waals surface area contributed by atoms with Crippen LogP contribution in [0.5, 0.6) is 0 Å². The summed E-state index contributed by atoms with van der Waals surface area (Å²) in [4.78, 5) is 29.2. The lowest BCUT2D eigenvalue weighted by molar-refractivity contribution is -0.133. The average molecular weight is 438 g/mol. The van der Waals surface area contributed by atoms with Crippen LogP contribution in [-0.4, -0.2) is 26.8 Å². The van der Waals surface area contributed by atoms with Gasteiger partial charge in [0, 0.05) is 24.0 Å². The van der Waals surface area contributed by atoms with E-state index in [2.05, 4.69) is 11.4 Å².